The molecule has 0 atom stereocenters. The minimum absolute atomic E-state index is 0.962. The van der Waals surface area contributed by atoms with E-state index < -0.39 is 0 Å². The Morgan fingerprint density at radius 3 is 1.51 bits per heavy atom. The van der Waals surface area contributed by atoms with Gasteiger partial charge in [-0.3, -0.25) is 4.57 Å². The summed E-state index contributed by atoms with van der Waals surface area (Å²) < 4.78 is 2.30. The third-order valence-corrected chi connectivity index (χ3v) is 6.79. The van der Waals surface area contributed by atoms with Gasteiger partial charge < -0.3 is 0 Å². The summed E-state index contributed by atoms with van der Waals surface area (Å²) >= 11 is 0. The van der Waals surface area contributed by atoms with Gasteiger partial charge >= 0.3 is 0 Å². The highest BCUT2D eigenvalue weighted by Crippen LogP contribution is 2.44. The molecule has 37 heavy (non-hydrogen) atoms. The largest absolute Gasteiger partial charge is 0.292 e. The zero-order valence-electron chi connectivity index (χ0n) is 21.1. The van der Waals surface area contributed by atoms with Gasteiger partial charge in [0, 0.05) is 11.3 Å². The fraction of sp³-hybridized carbons (Fsp3) is 0.0571. The van der Waals surface area contributed by atoms with Crippen molar-refractivity contribution in [2.24, 2.45) is 0 Å². The van der Waals surface area contributed by atoms with Crippen LogP contribution in [0.4, 0.5) is 0 Å². The molecule has 0 aliphatic heterocycles. The molecule has 0 spiro atoms. The Labute approximate surface area is 217 Å². The number of hydrogen-bond acceptors (Lipinski definition) is 1. The smallest absolute Gasteiger partial charge is 0.146 e. The number of fused-ring (bicyclic) bond motifs is 3. The predicted molar refractivity (Wildman–Crippen MR) is 158 cm³/mol. The summed E-state index contributed by atoms with van der Waals surface area (Å²) in [4.78, 5) is 5.22. The van der Waals surface area contributed by atoms with Gasteiger partial charge in [-0.25, -0.2) is 4.98 Å². The van der Waals surface area contributed by atoms with Gasteiger partial charge in [-0.2, -0.15) is 0 Å². The highest BCUT2D eigenvalue weighted by atomic mass is 15.1. The van der Waals surface area contributed by atoms with Gasteiger partial charge in [0.2, 0.25) is 0 Å². The van der Waals surface area contributed by atoms with Crippen LogP contribution in [0.3, 0.4) is 0 Å². The lowest BCUT2D eigenvalue weighted by Gasteiger charge is -2.18. The van der Waals surface area contributed by atoms with Gasteiger partial charge in [-0.15, -0.1) is 0 Å². The molecule has 2 nitrogen and oxygen atoms in total. The first kappa shape index (κ1) is 22.8. The normalized spacial score (nSPS) is 11.0. The number of hydrogen-bond donors (Lipinski definition) is 0. The molecular weight excluding hydrogens is 448 g/mol. The summed E-state index contributed by atoms with van der Waals surface area (Å²) in [7, 11) is 0. The van der Waals surface area contributed by atoms with Crippen LogP contribution in [0.15, 0.2) is 133 Å². The van der Waals surface area contributed by atoms with Crippen LogP contribution in [0, 0.1) is 0 Å². The van der Waals surface area contributed by atoms with Gasteiger partial charge in [0.1, 0.15) is 5.82 Å². The van der Waals surface area contributed by atoms with Crippen LogP contribution in [0.1, 0.15) is 13.8 Å². The van der Waals surface area contributed by atoms with Gasteiger partial charge in [-0.1, -0.05) is 123 Å². The summed E-state index contributed by atoms with van der Waals surface area (Å²) in [5.74, 6) is 0.962. The van der Waals surface area contributed by atoms with Gasteiger partial charge in [-0.05, 0) is 56.9 Å². The monoisotopic (exact) mass is 476 g/mol. The van der Waals surface area contributed by atoms with E-state index >= 15 is 0 Å². The number of rotatable bonds is 3. The lowest BCUT2D eigenvalue weighted by atomic mass is 9.88. The lowest BCUT2D eigenvalue weighted by Crippen LogP contribution is -1.99. The zero-order valence-corrected chi connectivity index (χ0v) is 21.1. The molecule has 0 aliphatic rings. The SMILES string of the molecule is CC.c1ccc(-c2c3ccccc3c(-c3nc4ccccc4n3-c3ccccc3)c3ccccc23)cc1. The van der Waals surface area contributed by atoms with E-state index in [9.17, 15) is 0 Å². The van der Waals surface area contributed by atoms with E-state index in [1.807, 2.05) is 13.8 Å². The van der Waals surface area contributed by atoms with E-state index in [1.54, 1.807) is 0 Å². The van der Waals surface area contributed by atoms with Crippen LogP contribution in [0.2, 0.25) is 0 Å². The van der Waals surface area contributed by atoms with Crippen molar-refractivity contribution in [2.45, 2.75) is 13.8 Å². The maximum atomic E-state index is 5.22. The second kappa shape index (κ2) is 9.75. The van der Waals surface area contributed by atoms with E-state index in [1.165, 1.54) is 32.7 Å². The Kier molecular flexibility index (Phi) is 6.00. The molecule has 178 valence electrons. The van der Waals surface area contributed by atoms with Crippen molar-refractivity contribution >= 4 is 32.6 Å². The van der Waals surface area contributed by atoms with Crippen molar-refractivity contribution in [3.05, 3.63) is 133 Å². The van der Waals surface area contributed by atoms with Crippen molar-refractivity contribution in [3.63, 3.8) is 0 Å². The first-order valence-corrected chi connectivity index (χ1v) is 12.9. The summed E-state index contributed by atoms with van der Waals surface area (Å²) in [6.45, 7) is 4.00. The van der Waals surface area contributed by atoms with E-state index in [0.29, 0.717) is 0 Å². The van der Waals surface area contributed by atoms with Gasteiger partial charge in [0.05, 0.1) is 11.0 Å². The molecule has 1 aromatic heterocycles. The molecule has 0 aliphatic carbocycles. The van der Waals surface area contributed by atoms with E-state index in [2.05, 4.69) is 138 Å². The second-order valence-electron chi connectivity index (χ2n) is 8.80. The van der Waals surface area contributed by atoms with Crippen LogP contribution in [-0.2, 0) is 0 Å². The molecule has 0 saturated heterocycles. The van der Waals surface area contributed by atoms with Gasteiger partial charge in [0.15, 0.2) is 0 Å². The van der Waals surface area contributed by atoms with Gasteiger partial charge in [0.25, 0.3) is 0 Å². The predicted octanol–water partition coefficient (Wildman–Crippen LogP) is 9.69. The summed E-state index contributed by atoms with van der Waals surface area (Å²) in [5, 5.41) is 4.88. The maximum Gasteiger partial charge on any atom is 0.146 e. The van der Waals surface area contributed by atoms with Crippen molar-refractivity contribution in [2.75, 3.05) is 0 Å². The molecular formula is C35H28N2. The fourth-order valence-corrected chi connectivity index (χ4v) is 5.32. The van der Waals surface area contributed by atoms with E-state index in [0.717, 1.165) is 28.1 Å². The highest BCUT2D eigenvalue weighted by molar-refractivity contribution is 6.21. The Morgan fingerprint density at radius 2 is 0.919 bits per heavy atom. The lowest BCUT2D eigenvalue weighted by molar-refractivity contribution is 1.11. The molecule has 0 saturated carbocycles. The Bertz CT molecular complexity index is 1770. The molecule has 1 heterocycles. The van der Waals surface area contributed by atoms with Crippen molar-refractivity contribution in [3.8, 4) is 28.2 Å². The van der Waals surface area contributed by atoms with Crippen LogP contribution in [0.25, 0.3) is 60.8 Å². The Hall–Kier alpha value is -4.69. The topological polar surface area (TPSA) is 17.8 Å². The minimum Gasteiger partial charge on any atom is -0.292 e. The average Bonchev–Trinajstić information content (AvgIpc) is 3.37. The van der Waals surface area contributed by atoms with Crippen molar-refractivity contribution in [1.82, 2.24) is 9.55 Å². The van der Waals surface area contributed by atoms with Crippen LogP contribution in [-0.4, -0.2) is 9.55 Å². The summed E-state index contributed by atoms with van der Waals surface area (Å²) in [6.07, 6.45) is 0. The van der Waals surface area contributed by atoms with Crippen LogP contribution >= 0.6 is 0 Å². The molecule has 0 unspecified atom stereocenters. The first-order chi connectivity index (χ1) is 18.4. The van der Waals surface area contributed by atoms with Crippen LogP contribution < -0.4 is 0 Å². The minimum atomic E-state index is 0.962. The molecule has 6 aromatic carbocycles. The number of para-hydroxylation sites is 3. The molecule has 0 N–H and O–H groups in total. The summed E-state index contributed by atoms with van der Waals surface area (Å²) in [6, 6.07) is 47.1. The third-order valence-electron chi connectivity index (χ3n) is 6.79. The first-order valence-electron chi connectivity index (χ1n) is 12.9. The molecule has 0 amide bonds. The summed E-state index contributed by atoms with van der Waals surface area (Å²) in [5.41, 5.74) is 6.86. The third kappa shape index (κ3) is 3.78. The molecule has 0 radical (unpaired) electrons. The maximum absolute atomic E-state index is 5.22. The fourth-order valence-electron chi connectivity index (χ4n) is 5.32. The van der Waals surface area contributed by atoms with Crippen molar-refractivity contribution in [1.29, 1.82) is 0 Å². The number of nitrogens with zero attached hydrogens (tertiary/aromatic N) is 2. The van der Waals surface area contributed by atoms with Crippen molar-refractivity contribution < 1.29 is 0 Å². The number of imidazole rings is 1. The molecule has 0 fully saturated rings. The number of benzene rings is 6. The average molecular weight is 477 g/mol. The molecule has 7 aromatic rings. The second-order valence-corrected chi connectivity index (χ2v) is 8.80. The molecule has 7 rings (SSSR count). The Morgan fingerprint density at radius 1 is 0.459 bits per heavy atom. The Balaban J connectivity index is 0.00000123. The van der Waals surface area contributed by atoms with E-state index in [4.69, 9.17) is 4.98 Å². The standard InChI is InChI=1S/C33H22N2.C2H6/c1-3-13-23(14-4-1)31-25-17-7-9-19-27(25)32(28-20-10-8-18-26(28)31)33-34-29-21-11-12-22-30(29)35(33)24-15-5-2-6-16-24;1-2/h1-22H;1-2H3. The molecule has 2 heteroatoms. The van der Waals surface area contributed by atoms with E-state index in [-0.39, 0.29) is 0 Å². The quantitative estimate of drug-likeness (QED) is 0.232. The van der Waals surface area contributed by atoms with Crippen LogP contribution in [0.5, 0.6) is 0 Å². The highest BCUT2D eigenvalue weighted by Gasteiger charge is 2.21. The number of aromatic nitrogens is 2. The molecule has 0 bridgehead atoms. The zero-order chi connectivity index (χ0) is 25.2.